The van der Waals surface area contributed by atoms with Crippen LogP contribution in [0.25, 0.3) is 0 Å². The van der Waals surface area contributed by atoms with Gasteiger partial charge in [-0.25, -0.2) is 8.42 Å². The second-order valence-corrected chi connectivity index (χ2v) is 8.56. The smallest absolute Gasteiger partial charge is 0.321 e. The molecule has 5 nitrogen and oxygen atoms in total. The SMILES string of the molecule is COC(=O)CN(Cc1ccccc1C)S(=O)(=O)Cc1ccc(Cl)c(Cl)c1. The zero-order chi connectivity index (χ0) is 19.3. The molecule has 0 heterocycles. The molecule has 0 radical (unpaired) electrons. The molecule has 0 saturated heterocycles. The summed E-state index contributed by atoms with van der Waals surface area (Å²) in [6.07, 6.45) is 0. The Hall–Kier alpha value is -1.60. The molecular formula is C18H19Cl2NO4S. The molecule has 0 amide bonds. The molecule has 0 bridgehead atoms. The second-order valence-electron chi connectivity index (χ2n) is 5.78. The van der Waals surface area contributed by atoms with Crippen LogP contribution < -0.4 is 0 Å². The van der Waals surface area contributed by atoms with Crippen LogP contribution in [0.15, 0.2) is 42.5 Å². The number of benzene rings is 2. The molecule has 0 unspecified atom stereocenters. The van der Waals surface area contributed by atoms with E-state index in [0.29, 0.717) is 10.6 Å². The number of hydrogen-bond acceptors (Lipinski definition) is 4. The Balaban J connectivity index is 2.31. The number of carbonyl (C=O) groups excluding carboxylic acids is 1. The number of esters is 1. The number of nitrogens with zero attached hydrogens (tertiary/aromatic N) is 1. The van der Waals surface area contributed by atoms with E-state index in [0.717, 1.165) is 15.4 Å². The third-order valence-electron chi connectivity index (χ3n) is 3.87. The maximum Gasteiger partial charge on any atom is 0.321 e. The van der Waals surface area contributed by atoms with Crippen LogP contribution in [-0.4, -0.2) is 32.3 Å². The highest BCUT2D eigenvalue weighted by Crippen LogP contribution is 2.24. The summed E-state index contributed by atoms with van der Waals surface area (Å²) in [7, 11) is -2.57. The van der Waals surface area contributed by atoms with Crippen molar-refractivity contribution in [3.63, 3.8) is 0 Å². The van der Waals surface area contributed by atoms with Gasteiger partial charge in [0.05, 0.1) is 22.9 Å². The van der Waals surface area contributed by atoms with Crippen molar-refractivity contribution in [3.05, 3.63) is 69.2 Å². The fraction of sp³-hybridized carbons (Fsp3) is 0.278. The van der Waals surface area contributed by atoms with Crippen LogP contribution in [0.2, 0.25) is 10.0 Å². The first-order valence-electron chi connectivity index (χ1n) is 7.76. The fourth-order valence-corrected chi connectivity index (χ4v) is 4.11. The average molecular weight is 416 g/mol. The van der Waals surface area contributed by atoms with Gasteiger partial charge in [-0.3, -0.25) is 4.79 Å². The summed E-state index contributed by atoms with van der Waals surface area (Å²) >= 11 is 11.8. The van der Waals surface area contributed by atoms with E-state index in [-0.39, 0.29) is 23.9 Å². The highest BCUT2D eigenvalue weighted by atomic mass is 35.5. The van der Waals surface area contributed by atoms with Gasteiger partial charge in [0.15, 0.2) is 0 Å². The number of rotatable bonds is 7. The number of aryl methyl sites for hydroxylation is 1. The quantitative estimate of drug-likeness (QED) is 0.644. The molecule has 0 aromatic heterocycles. The minimum absolute atomic E-state index is 0.0748. The number of carbonyl (C=O) groups is 1. The maximum absolute atomic E-state index is 12.9. The number of sulfonamides is 1. The van der Waals surface area contributed by atoms with Gasteiger partial charge >= 0.3 is 5.97 Å². The third kappa shape index (κ3) is 5.45. The summed E-state index contributed by atoms with van der Waals surface area (Å²) in [6.45, 7) is 1.59. The van der Waals surface area contributed by atoms with Crippen LogP contribution >= 0.6 is 23.2 Å². The van der Waals surface area contributed by atoms with Gasteiger partial charge < -0.3 is 4.74 Å². The molecule has 0 saturated carbocycles. The Labute approximate surface area is 163 Å². The van der Waals surface area contributed by atoms with E-state index in [9.17, 15) is 13.2 Å². The Kier molecular flexibility index (Phi) is 7.06. The Morgan fingerprint density at radius 3 is 2.42 bits per heavy atom. The van der Waals surface area contributed by atoms with Crippen molar-refractivity contribution in [1.29, 1.82) is 0 Å². The highest BCUT2D eigenvalue weighted by molar-refractivity contribution is 7.88. The largest absolute Gasteiger partial charge is 0.468 e. The summed E-state index contributed by atoms with van der Waals surface area (Å²) in [5, 5.41) is 0.622. The zero-order valence-electron chi connectivity index (χ0n) is 14.4. The number of hydrogen-bond donors (Lipinski definition) is 0. The first kappa shape index (κ1) is 20.7. The lowest BCUT2D eigenvalue weighted by Crippen LogP contribution is -2.36. The van der Waals surface area contributed by atoms with Crippen LogP contribution in [0.5, 0.6) is 0 Å². The van der Waals surface area contributed by atoms with Crippen molar-refractivity contribution in [2.24, 2.45) is 0 Å². The number of ether oxygens (including phenoxy) is 1. The van der Waals surface area contributed by atoms with Crippen LogP contribution in [0.3, 0.4) is 0 Å². The van der Waals surface area contributed by atoms with Crippen LogP contribution in [0.1, 0.15) is 16.7 Å². The molecule has 0 N–H and O–H groups in total. The Morgan fingerprint density at radius 1 is 1.12 bits per heavy atom. The standard InChI is InChI=1S/C18H19Cl2NO4S/c1-13-5-3-4-6-15(13)10-21(11-18(22)25-2)26(23,24)12-14-7-8-16(19)17(20)9-14/h3-9H,10-12H2,1-2H3. The van der Waals surface area contributed by atoms with Crippen LogP contribution in [0.4, 0.5) is 0 Å². The third-order valence-corrected chi connectivity index (χ3v) is 6.35. The lowest BCUT2D eigenvalue weighted by atomic mass is 10.1. The summed E-state index contributed by atoms with van der Waals surface area (Å²) in [5.41, 5.74) is 2.24. The molecule has 2 rings (SSSR count). The molecule has 140 valence electrons. The van der Waals surface area contributed by atoms with E-state index in [1.807, 2.05) is 31.2 Å². The van der Waals surface area contributed by atoms with E-state index in [4.69, 9.17) is 23.2 Å². The van der Waals surface area contributed by atoms with E-state index >= 15 is 0 Å². The van der Waals surface area contributed by atoms with Gasteiger partial charge in [-0.1, -0.05) is 53.5 Å². The molecular weight excluding hydrogens is 397 g/mol. The van der Waals surface area contributed by atoms with Crippen LogP contribution in [-0.2, 0) is 31.9 Å². The monoisotopic (exact) mass is 415 g/mol. The molecule has 2 aromatic carbocycles. The van der Waals surface area contributed by atoms with Crippen molar-refractivity contribution in [3.8, 4) is 0 Å². The van der Waals surface area contributed by atoms with Crippen molar-refractivity contribution in [1.82, 2.24) is 4.31 Å². The Bertz CT molecular complexity index is 900. The van der Waals surface area contributed by atoms with E-state index < -0.39 is 16.0 Å². The van der Waals surface area contributed by atoms with Gasteiger partial charge in [0.2, 0.25) is 10.0 Å². The van der Waals surface area contributed by atoms with Gasteiger partial charge in [0.25, 0.3) is 0 Å². The minimum atomic E-state index is -3.79. The van der Waals surface area contributed by atoms with Gasteiger partial charge in [0.1, 0.15) is 6.54 Å². The predicted molar refractivity (Wildman–Crippen MR) is 103 cm³/mol. The summed E-state index contributed by atoms with van der Waals surface area (Å²) < 4.78 is 31.6. The van der Waals surface area contributed by atoms with Gasteiger partial charge in [-0.05, 0) is 35.7 Å². The number of methoxy groups -OCH3 is 1. The summed E-state index contributed by atoms with van der Waals surface area (Å²) in [4.78, 5) is 11.7. The molecule has 0 fully saturated rings. The highest BCUT2D eigenvalue weighted by Gasteiger charge is 2.26. The first-order chi connectivity index (χ1) is 12.2. The number of halogens is 2. The van der Waals surface area contributed by atoms with Crippen molar-refractivity contribution in [2.45, 2.75) is 19.2 Å². The van der Waals surface area contributed by atoms with Crippen molar-refractivity contribution >= 4 is 39.2 Å². The zero-order valence-corrected chi connectivity index (χ0v) is 16.7. The maximum atomic E-state index is 12.9. The van der Waals surface area contributed by atoms with Crippen LogP contribution in [0, 0.1) is 6.92 Å². The molecule has 0 aliphatic heterocycles. The molecule has 0 spiro atoms. The molecule has 0 atom stereocenters. The van der Waals surface area contributed by atoms with Gasteiger partial charge in [-0.15, -0.1) is 0 Å². The lowest BCUT2D eigenvalue weighted by Gasteiger charge is -2.22. The van der Waals surface area contributed by atoms with E-state index in [2.05, 4.69) is 4.74 Å². The average Bonchev–Trinajstić information content (AvgIpc) is 2.59. The van der Waals surface area contributed by atoms with E-state index in [1.54, 1.807) is 12.1 Å². The van der Waals surface area contributed by atoms with Crippen molar-refractivity contribution in [2.75, 3.05) is 13.7 Å². The Morgan fingerprint density at radius 2 is 1.81 bits per heavy atom. The van der Waals surface area contributed by atoms with Gasteiger partial charge in [-0.2, -0.15) is 4.31 Å². The predicted octanol–water partition coefficient (Wildman–Crippen LogP) is 3.81. The molecule has 0 aliphatic carbocycles. The molecule has 8 heteroatoms. The normalized spacial score (nSPS) is 11.6. The summed E-state index contributed by atoms with van der Waals surface area (Å²) in [6, 6.07) is 12.0. The van der Waals surface area contributed by atoms with Crippen molar-refractivity contribution < 1.29 is 17.9 Å². The van der Waals surface area contributed by atoms with Gasteiger partial charge in [0, 0.05) is 6.54 Å². The summed E-state index contributed by atoms with van der Waals surface area (Å²) in [5.74, 6) is -0.927. The minimum Gasteiger partial charge on any atom is -0.468 e. The lowest BCUT2D eigenvalue weighted by molar-refractivity contribution is -0.140. The molecule has 26 heavy (non-hydrogen) atoms. The fourth-order valence-electron chi connectivity index (χ4n) is 2.37. The molecule has 0 aliphatic rings. The molecule has 2 aromatic rings. The second kappa shape index (κ2) is 8.86. The van der Waals surface area contributed by atoms with E-state index in [1.165, 1.54) is 13.2 Å². The first-order valence-corrected chi connectivity index (χ1v) is 10.1. The topological polar surface area (TPSA) is 63.7 Å².